The Morgan fingerprint density at radius 2 is 0.904 bits per heavy atom. The topological polar surface area (TPSA) is 205 Å². The van der Waals surface area contributed by atoms with E-state index in [1.807, 2.05) is 0 Å². The monoisotopic (exact) mass is 722 g/mol. The highest BCUT2D eigenvalue weighted by molar-refractivity contribution is 6.38. The second kappa shape index (κ2) is 14.7. The van der Waals surface area contributed by atoms with E-state index >= 15 is 0 Å². The van der Waals surface area contributed by atoms with Crippen LogP contribution in [0.3, 0.4) is 0 Å². The molecule has 0 heterocycles. The smallest absolute Gasteiger partial charge is 0.308 e. The Hall–Kier alpha value is -5.34. The lowest BCUT2D eigenvalue weighted by Crippen LogP contribution is -2.22. The maximum Gasteiger partial charge on any atom is 0.308 e. The minimum absolute atomic E-state index is 0.0758. The van der Waals surface area contributed by atoms with Crippen molar-refractivity contribution in [2.24, 2.45) is 0 Å². The van der Waals surface area contributed by atoms with Gasteiger partial charge in [0.25, 0.3) is 0 Å². The Kier molecular flexibility index (Phi) is 10.7. The highest BCUT2D eigenvalue weighted by Crippen LogP contribution is 2.55. The number of methoxy groups -OCH3 is 4. The standard InChI is InChI=1S/C38H42O14/c1-15(39)9-25(43)51-17(3)11-19-27-28-20(12-18(4)52-26(44)10-16(2)40)38(50-8)36(46)30-22(42)14-24(48-6)32(34(28)30)31-23(47-5)13-21(41)29(33(27)31)35(45)37(19)49-7/h13-18,39-40,45-46H,9-12H2,1-8H3/t15-,16-,17+,18+/m1/s1. The molecule has 14 heteroatoms. The van der Waals surface area contributed by atoms with Crippen LogP contribution < -0.4 is 29.8 Å². The number of phenols is 2. The predicted molar refractivity (Wildman–Crippen MR) is 192 cm³/mol. The first-order chi connectivity index (χ1) is 24.6. The van der Waals surface area contributed by atoms with Crippen LogP contribution in [0.1, 0.15) is 51.7 Å². The predicted octanol–water partition coefficient (Wildman–Crippen LogP) is 3.83. The summed E-state index contributed by atoms with van der Waals surface area (Å²) in [6, 6.07) is 2.38. The molecule has 0 saturated heterocycles. The van der Waals surface area contributed by atoms with Crippen molar-refractivity contribution >= 4 is 55.0 Å². The Balaban J connectivity index is 2.08. The summed E-state index contributed by atoms with van der Waals surface area (Å²) in [6.07, 6.45) is -4.45. The van der Waals surface area contributed by atoms with Gasteiger partial charge in [-0.2, -0.15) is 0 Å². The van der Waals surface area contributed by atoms with Crippen molar-refractivity contribution in [2.75, 3.05) is 28.4 Å². The van der Waals surface area contributed by atoms with E-state index in [2.05, 4.69) is 0 Å². The number of aromatic hydroxyl groups is 2. The number of phenolic OH excluding ortho intramolecular Hbond substituents is 2. The minimum atomic E-state index is -0.963. The van der Waals surface area contributed by atoms with Crippen LogP contribution in [-0.4, -0.2) is 85.2 Å². The number of rotatable bonds is 14. The maximum atomic E-state index is 13.9. The van der Waals surface area contributed by atoms with Crippen LogP contribution >= 0.6 is 0 Å². The zero-order valence-corrected chi connectivity index (χ0v) is 30.2. The van der Waals surface area contributed by atoms with Gasteiger partial charge in [0, 0.05) is 57.6 Å². The number of esters is 2. The molecular formula is C38H42O14. The fraction of sp³-hybridized carbons (Fsp3) is 0.421. The van der Waals surface area contributed by atoms with E-state index in [-0.39, 0.29) is 103 Å². The van der Waals surface area contributed by atoms with Crippen molar-refractivity contribution in [3.05, 3.63) is 43.7 Å². The molecule has 0 aliphatic heterocycles. The lowest BCUT2D eigenvalue weighted by Gasteiger charge is -2.26. The molecule has 0 radical (unpaired) electrons. The highest BCUT2D eigenvalue weighted by atomic mass is 16.5. The molecule has 278 valence electrons. The van der Waals surface area contributed by atoms with Gasteiger partial charge < -0.3 is 48.8 Å². The molecule has 0 aliphatic rings. The second-order valence-electron chi connectivity index (χ2n) is 13.0. The van der Waals surface area contributed by atoms with Gasteiger partial charge in [0.1, 0.15) is 23.7 Å². The molecule has 14 nitrogen and oxygen atoms in total. The lowest BCUT2D eigenvalue weighted by molar-refractivity contribution is -0.151. The second-order valence-corrected chi connectivity index (χ2v) is 13.0. The van der Waals surface area contributed by atoms with Gasteiger partial charge in [0.15, 0.2) is 33.9 Å². The quantitative estimate of drug-likeness (QED) is 0.0731. The SMILES string of the molecule is COc1c(O)c2c(=O)cc(OC)c3c4c(OC)cc(=O)c5c(O)c(OC)c(C[C@H](C)OC(=O)C[C@@H](C)O)c(c(c1C[C@H](C)OC(=O)C[C@@H](C)O)c23)c54. The number of hydrogen-bond acceptors (Lipinski definition) is 14. The number of carbonyl (C=O) groups is 2. The van der Waals surface area contributed by atoms with E-state index < -0.39 is 58.7 Å². The summed E-state index contributed by atoms with van der Waals surface area (Å²) in [7, 11) is 5.30. The molecule has 0 aliphatic carbocycles. The number of carbonyl (C=O) groups excluding carboxylic acids is 2. The average Bonchev–Trinajstić information content (AvgIpc) is 3.04. The molecule has 5 rings (SSSR count). The number of ether oxygens (including phenoxy) is 6. The molecule has 52 heavy (non-hydrogen) atoms. The van der Waals surface area contributed by atoms with Crippen LogP contribution in [0.25, 0.3) is 43.1 Å². The summed E-state index contributed by atoms with van der Waals surface area (Å²) in [5.74, 6) is -2.45. The van der Waals surface area contributed by atoms with Crippen molar-refractivity contribution in [1.82, 2.24) is 0 Å². The van der Waals surface area contributed by atoms with E-state index in [4.69, 9.17) is 28.4 Å². The third-order valence-electron chi connectivity index (χ3n) is 8.99. The van der Waals surface area contributed by atoms with Crippen LogP contribution in [0.15, 0.2) is 21.7 Å². The molecular weight excluding hydrogens is 680 g/mol. The Morgan fingerprint density at radius 3 is 1.19 bits per heavy atom. The van der Waals surface area contributed by atoms with Crippen molar-refractivity contribution in [3.63, 3.8) is 0 Å². The first-order valence-corrected chi connectivity index (χ1v) is 16.6. The van der Waals surface area contributed by atoms with Crippen LogP contribution in [0.4, 0.5) is 0 Å². The van der Waals surface area contributed by atoms with E-state index in [1.54, 1.807) is 13.8 Å². The zero-order valence-electron chi connectivity index (χ0n) is 30.2. The summed E-state index contributed by atoms with van der Waals surface area (Å²) in [5.41, 5.74) is -0.729. The molecule has 0 amide bonds. The minimum Gasteiger partial charge on any atom is -0.504 e. The fourth-order valence-corrected chi connectivity index (χ4v) is 7.17. The molecule has 0 saturated carbocycles. The van der Waals surface area contributed by atoms with Gasteiger partial charge in [-0.15, -0.1) is 0 Å². The molecule has 4 atom stereocenters. The van der Waals surface area contributed by atoms with E-state index in [0.29, 0.717) is 0 Å². The molecule has 0 fully saturated rings. The van der Waals surface area contributed by atoms with Gasteiger partial charge in [0.2, 0.25) is 0 Å². The van der Waals surface area contributed by atoms with Crippen LogP contribution in [0.5, 0.6) is 34.5 Å². The number of aliphatic hydroxyl groups is 2. The molecule has 0 bridgehead atoms. The van der Waals surface area contributed by atoms with Crippen LogP contribution in [-0.2, 0) is 31.9 Å². The van der Waals surface area contributed by atoms with Gasteiger partial charge in [-0.3, -0.25) is 19.2 Å². The molecule has 4 N–H and O–H groups in total. The first-order valence-electron chi connectivity index (χ1n) is 16.6. The van der Waals surface area contributed by atoms with Gasteiger partial charge in [0.05, 0.1) is 64.3 Å². The lowest BCUT2D eigenvalue weighted by atomic mass is 9.81. The first kappa shape index (κ1) is 37.9. The molecule has 0 spiro atoms. The van der Waals surface area contributed by atoms with Crippen molar-refractivity contribution in [2.45, 2.75) is 77.8 Å². The van der Waals surface area contributed by atoms with Gasteiger partial charge in [-0.05, 0) is 38.5 Å². The summed E-state index contributed by atoms with van der Waals surface area (Å²) in [5, 5.41) is 44.3. The van der Waals surface area contributed by atoms with Crippen molar-refractivity contribution in [3.8, 4) is 34.5 Å². The normalized spacial score (nSPS) is 14.0. The summed E-state index contributed by atoms with van der Waals surface area (Å²) in [6.45, 7) is 6.09. The van der Waals surface area contributed by atoms with E-state index in [1.165, 1.54) is 54.4 Å². The van der Waals surface area contributed by atoms with E-state index in [0.717, 1.165) is 0 Å². The number of aliphatic hydroxyl groups excluding tert-OH is 2. The van der Waals surface area contributed by atoms with Crippen LogP contribution in [0, 0.1) is 0 Å². The Morgan fingerprint density at radius 1 is 0.558 bits per heavy atom. The van der Waals surface area contributed by atoms with Crippen molar-refractivity contribution < 1.29 is 58.4 Å². The maximum absolute atomic E-state index is 13.9. The number of fused-ring (bicyclic) bond motifs is 2. The molecule has 5 aromatic rings. The Bertz CT molecular complexity index is 2130. The Labute approximate surface area is 297 Å². The van der Waals surface area contributed by atoms with E-state index in [9.17, 15) is 39.6 Å². The largest absolute Gasteiger partial charge is 0.504 e. The van der Waals surface area contributed by atoms with Crippen molar-refractivity contribution in [1.29, 1.82) is 0 Å². The average molecular weight is 723 g/mol. The van der Waals surface area contributed by atoms with Gasteiger partial charge >= 0.3 is 11.9 Å². The number of hydrogen-bond donors (Lipinski definition) is 4. The number of benzene rings is 5. The zero-order chi connectivity index (χ0) is 38.3. The molecule has 0 aromatic heterocycles. The molecule has 5 aromatic carbocycles. The van der Waals surface area contributed by atoms with Gasteiger partial charge in [-0.25, -0.2) is 0 Å². The fourth-order valence-electron chi connectivity index (χ4n) is 7.17. The van der Waals surface area contributed by atoms with Crippen LogP contribution in [0.2, 0.25) is 0 Å². The summed E-state index contributed by atoms with van der Waals surface area (Å²) >= 11 is 0. The molecule has 0 unspecified atom stereocenters. The summed E-state index contributed by atoms with van der Waals surface area (Å²) in [4.78, 5) is 53.0. The highest BCUT2D eigenvalue weighted by Gasteiger charge is 2.34. The van der Waals surface area contributed by atoms with Gasteiger partial charge in [-0.1, -0.05) is 0 Å². The third kappa shape index (κ3) is 6.48. The summed E-state index contributed by atoms with van der Waals surface area (Å²) < 4.78 is 34.2. The third-order valence-corrected chi connectivity index (χ3v) is 8.99.